The number of carbonyl (C=O) groups is 1. The molecule has 0 saturated heterocycles. The second-order valence-corrected chi connectivity index (χ2v) is 2.25. The SMILES string of the molecule is C=CCCNC(=O)CCC=C.[HH]. The van der Waals surface area contributed by atoms with Crippen molar-refractivity contribution in [1.82, 2.24) is 5.32 Å². The highest BCUT2D eigenvalue weighted by Gasteiger charge is 1.95. The number of hydrogen-bond acceptors (Lipinski definition) is 1. The van der Waals surface area contributed by atoms with Crippen molar-refractivity contribution in [3.05, 3.63) is 25.3 Å². The number of allylic oxidation sites excluding steroid dienone is 1. The van der Waals surface area contributed by atoms with Gasteiger partial charge in [-0.25, -0.2) is 0 Å². The molecule has 0 radical (unpaired) electrons. The monoisotopic (exact) mass is 155 g/mol. The first-order valence-electron chi connectivity index (χ1n) is 3.79. The van der Waals surface area contributed by atoms with Crippen LogP contribution in [0.15, 0.2) is 25.3 Å². The van der Waals surface area contributed by atoms with Crippen molar-refractivity contribution in [3.63, 3.8) is 0 Å². The van der Waals surface area contributed by atoms with E-state index in [1.54, 1.807) is 12.2 Å². The second kappa shape index (κ2) is 7.06. The highest BCUT2D eigenvalue weighted by molar-refractivity contribution is 5.75. The van der Waals surface area contributed by atoms with Gasteiger partial charge in [0, 0.05) is 14.4 Å². The molecule has 0 unspecified atom stereocenters. The first kappa shape index (κ1) is 9.95. The minimum atomic E-state index is 0. The Balaban J connectivity index is 0. The van der Waals surface area contributed by atoms with E-state index in [0.29, 0.717) is 13.0 Å². The fourth-order valence-corrected chi connectivity index (χ4v) is 0.635. The topological polar surface area (TPSA) is 29.1 Å². The summed E-state index contributed by atoms with van der Waals surface area (Å²) < 4.78 is 0. The molecule has 1 amide bonds. The lowest BCUT2D eigenvalue weighted by atomic mass is 10.3. The summed E-state index contributed by atoms with van der Waals surface area (Å²) in [5.41, 5.74) is 0. The van der Waals surface area contributed by atoms with Crippen molar-refractivity contribution >= 4 is 5.91 Å². The zero-order chi connectivity index (χ0) is 8.53. The van der Waals surface area contributed by atoms with Gasteiger partial charge in [0.1, 0.15) is 0 Å². The molecule has 2 heteroatoms. The molecule has 0 aliphatic heterocycles. The van der Waals surface area contributed by atoms with E-state index in [9.17, 15) is 4.79 Å². The lowest BCUT2D eigenvalue weighted by Crippen LogP contribution is -2.23. The summed E-state index contributed by atoms with van der Waals surface area (Å²) in [6, 6.07) is 0. The third-order valence-electron chi connectivity index (χ3n) is 1.25. The van der Waals surface area contributed by atoms with Gasteiger partial charge in [-0.05, 0) is 12.8 Å². The van der Waals surface area contributed by atoms with Crippen LogP contribution in [0.5, 0.6) is 0 Å². The number of nitrogens with one attached hydrogen (secondary N) is 1. The third-order valence-corrected chi connectivity index (χ3v) is 1.25. The first-order valence-corrected chi connectivity index (χ1v) is 3.79. The number of amides is 1. The maximum atomic E-state index is 10.9. The number of hydrogen-bond donors (Lipinski definition) is 1. The van der Waals surface area contributed by atoms with E-state index in [0.717, 1.165) is 12.8 Å². The van der Waals surface area contributed by atoms with E-state index in [1.807, 2.05) is 0 Å². The summed E-state index contributed by atoms with van der Waals surface area (Å²) in [6.07, 6.45) is 5.65. The predicted octanol–water partition coefficient (Wildman–Crippen LogP) is 1.89. The zero-order valence-corrected chi connectivity index (χ0v) is 6.81. The van der Waals surface area contributed by atoms with Gasteiger partial charge in [-0.15, -0.1) is 13.2 Å². The second-order valence-electron chi connectivity index (χ2n) is 2.25. The van der Waals surface area contributed by atoms with Gasteiger partial charge in [0.2, 0.25) is 5.91 Å². The smallest absolute Gasteiger partial charge is 0.220 e. The summed E-state index contributed by atoms with van der Waals surface area (Å²) in [5.74, 6) is 0.0896. The molecule has 0 aromatic carbocycles. The van der Waals surface area contributed by atoms with Crippen LogP contribution in [0, 0.1) is 0 Å². The molecular weight excluding hydrogens is 138 g/mol. The Bertz CT molecular complexity index is 145. The molecule has 0 heterocycles. The van der Waals surface area contributed by atoms with Gasteiger partial charge in [-0.1, -0.05) is 12.2 Å². The van der Waals surface area contributed by atoms with Crippen LogP contribution in [-0.4, -0.2) is 12.5 Å². The van der Waals surface area contributed by atoms with E-state index in [4.69, 9.17) is 0 Å². The zero-order valence-electron chi connectivity index (χ0n) is 6.81. The van der Waals surface area contributed by atoms with Crippen LogP contribution in [0.3, 0.4) is 0 Å². The average molecular weight is 155 g/mol. The van der Waals surface area contributed by atoms with Gasteiger partial charge < -0.3 is 5.32 Å². The van der Waals surface area contributed by atoms with Crippen LogP contribution in [0.25, 0.3) is 0 Å². The lowest BCUT2D eigenvalue weighted by molar-refractivity contribution is -0.120. The molecule has 0 aromatic rings. The maximum Gasteiger partial charge on any atom is 0.220 e. The molecule has 0 bridgehead atoms. The van der Waals surface area contributed by atoms with Crippen LogP contribution < -0.4 is 5.32 Å². The van der Waals surface area contributed by atoms with Gasteiger partial charge in [0.05, 0.1) is 0 Å². The van der Waals surface area contributed by atoms with Crippen LogP contribution >= 0.6 is 0 Å². The summed E-state index contributed by atoms with van der Waals surface area (Å²) in [5, 5.41) is 2.76. The van der Waals surface area contributed by atoms with E-state index in [1.165, 1.54) is 0 Å². The third kappa shape index (κ3) is 6.84. The lowest BCUT2D eigenvalue weighted by Gasteiger charge is -2.00. The van der Waals surface area contributed by atoms with Gasteiger partial charge in [0.15, 0.2) is 0 Å². The van der Waals surface area contributed by atoms with E-state index in [-0.39, 0.29) is 7.33 Å². The van der Waals surface area contributed by atoms with Crippen LogP contribution in [0.1, 0.15) is 20.7 Å². The summed E-state index contributed by atoms with van der Waals surface area (Å²) >= 11 is 0. The minimum Gasteiger partial charge on any atom is -0.356 e. The van der Waals surface area contributed by atoms with Gasteiger partial charge in [-0.2, -0.15) is 0 Å². The van der Waals surface area contributed by atoms with Crippen molar-refractivity contribution < 1.29 is 6.22 Å². The summed E-state index contributed by atoms with van der Waals surface area (Å²) in [6.45, 7) is 7.78. The van der Waals surface area contributed by atoms with Gasteiger partial charge >= 0.3 is 0 Å². The number of rotatable bonds is 6. The molecule has 0 aliphatic carbocycles. The molecule has 0 aliphatic rings. The molecular formula is C9H17NO. The maximum absolute atomic E-state index is 10.9. The van der Waals surface area contributed by atoms with Crippen LogP contribution in [0.2, 0.25) is 0 Å². The molecule has 0 atom stereocenters. The Morgan fingerprint density at radius 2 is 2.00 bits per heavy atom. The molecule has 2 nitrogen and oxygen atoms in total. The van der Waals surface area contributed by atoms with Crippen LogP contribution in [-0.2, 0) is 4.79 Å². The Hall–Kier alpha value is -1.05. The number of carbonyl (C=O) groups excluding carboxylic acids is 1. The van der Waals surface area contributed by atoms with E-state index < -0.39 is 0 Å². The van der Waals surface area contributed by atoms with Crippen molar-refractivity contribution in [2.75, 3.05) is 6.54 Å². The van der Waals surface area contributed by atoms with Gasteiger partial charge in [-0.3, -0.25) is 4.79 Å². The highest BCUT2D eigenvalue weighted by atomic mass is 16.1. The molecule has 11 heavy (non-hydrogen) atoms. The Morgan fingerprint density at radius 1 is 1.36 bits per heavy atom. The summed E-state index contributed by atoms with van der Waals surface area (Å²) in [7, 11) is 0. The highest BCUT2D eigenvalue weighted by Crippen LogP contribution is 1.88. The van der Waals surface area contributed by atoms with Crippen molar-refractivity contribution in [2.45, 2.75) is 19.3 Å². The summed E-state index contributed by atoms with van der Waals surface area (Å²) in [4.78, 5) is 10.9. The van der Waals surface area contributed by atoms with E-state index >= 15 is 0 Å². The fourth-order valence-electron chi connectivity index (χ4n) is 0.635. The van der Waals surface area contributed by atoms with Crippen LogP contribution in [0.4, 0.5) is 0 Å². The molecule has 0 fully saturated rings. The molecule has 64 valence electrons. The van der Waals surface area contributed by atoms with Crippen molar-refractivity contribution in [2.24, 2.45) is 0 Å². The first-order chi connectivity index (χ1) is 5.31. The molecule has 0 spiro atoms. The minimum absolute atomic E-state index is 0. The van der Waals surface area contributed by atoms with E-state index in [2.05, 4.69) is 18.5 Å². The molecule has 0 aromatic heterocycles. The fraction of sp³-hybridized carbons (Fsp3) is 0.444. The quantitative estimate of drug-likeness (QED) is 0.460. The Morgan fingerprint density at radius 3 is 2.55 bits per heavy atom. The Kier molecular flexibility index (Phi) is 6.39. The molecule has 0 saturated carbocycles. The average Bonchev–Trinajstić information content (AvgIpc) is 2.01. The normalized spacial score (nSPS) is 8.73. The largest absolute Gasteiger partial charge is 0.356 e. The predicted molar refractivity (Wildman–Crippen MR) is 49.4 cm³/mol. The molecule has 0 rings (SSSR count). The Labute approximate surface area is 69.5 Å². The van der Waals surface area contributed by atoms with Crippen molar-refractivity contribution in [1.29, 1.82) is 0 Å². The van der Waals surface area contributed by atoms with Gasteiger partial charge in [0.25, 0.3) is 0 Å². The van der Waals surface area contributed by atoms with Crippen molar-refractivity contribution in [3.8, 4) is 0 Å². The molecule has 1 N–H and O–H groups in total. The standard InChI is InChI=1S/C9H15NO.H2/c1-3-5-7-9(11)10-8-6-4-2;/h3-4H,1-2,5-8H2,(H,10,11);1H.